The third-order valence-corrected chi connectivity index (χ3v) is 5.01. The quantitative estimate of drug-likeness (QED) is 0.432. The van der Waals surface area contributed by atoms with Gasteiger partial charge in [-0.15, -0.1) is 0 Å². The van der Waals surface area contributed by atoms with Crippen molar-refractivity contribution in [3.8, 4) is 0 Å². The van der Waals surface area contributed by atoms with Crippen LogP contribution in [0.4, 0.5) is 5.82 Å². The lowest BCUT2D eigenvalue weighted by atomic mass is 10.1. The SMILES string of the molecule is OC[C@H]1O[C@@H](n2cnc3c(N/N=C\C4CCCC4)ncnc32)[C@H](O)[C@@H]1O. The largest absolute Gasteiger partial charge is 0.394 e. The highest BCUT2D eigenvalue weighted by Crippen LogP contribution is 2.32. The molecule has 0 bridgehead atoms. The lowest BCUT2D eigenvalue weighted by Gasteiger charge is -2.16. The lowest BCUT2D eigenvalue weighted by Crippen LogP contribution is -2.33. The van der Waals surface area contributed by atoms with Crippen LogP contribution < -0.4 is 5.43 Å². The van der Waals surface area contributed by atoms with Gasteiger partial charge in [-0.2, -0.15) is 5.10 Å². The molecule has 26 heavy (non-hydrogen) atoms. The summed E-state index contributed by atoms with van der Waals surface area (Å²) in [6.07, 6.45) is 5.40. The summed E-state index contributed by atoms with van der Waals surface area (Å²) in [4.78, 5) is 12.7. The molecule has 0 spiro atoms. The number of hydrogen-bond acceptors (Lipinski definition) is 9. The van der Waals surface area contributed by atoms with Crippen molar-refractivity contribution in [2.24, 2.45) is 11.0 Å². The van der Waals surface area contributed by atoms with E-state index in [9.17, 15) is 15.3 Å². The molecule has 10 heteroatoms. The number of imidazole rings is 1. The Morgan fingerprint density at radius 1 is 1.23 bits per heavy atom. The zero-order valence-electron chi connectivity index (χ0n) is 14.1. The molecule has 0 amide bonds. The lowest BCUT2D eigenvalue weighted by molar-refractivity contribution is -0.0511. The van der Waals surface area contributed by atoms with Crippen LogP contribution in [0.25, 0.3) is 11.2 Å². The maximum Gasteiger partial charge on any atom is 0.177 e. The van der Waals surface area contributed by atoms with E-state index in [4.69, 9.17) is 4.74 Å². The Hall–Kier alpha value is -2.14. The Balaban J connectivity index is 1.57. The van der Waals surface area contributed by atoms with Crippen molar-refractivity contribution in [1.29, 1.82) is 0 Å². The molecule has 4 atom stereocenters. The standard InChI is InChI=1S/C16H22N6O4/c23-6-10-12(24)13(25)16(26-10)22-8-19-11-14(17-7-18-15(11)22)21-20-5-9-3-1-2-4-9/h5,7-10,12-13,16,23-25H,1-4,6H2,(H,17,18,21)/b20-5-/t10-,12-,13-,16-/m1/s1. The highest BCUT2D eigenvalue weighted by atomic mass is 16.6. The highest BCUT2D eigenvalue weighted by Gasteiger charge is 2.44. The highest BCUT2D eigenvalue weighted by molar-refractivity contribution is 5.83. The maximum atomic E-state index is 10.2. The fourth-order valence-electron chi connectivity index (χ4n) is 3.54. The van der Waals surface area contributed by atoms with Gasteiger partial charge in [0.1, 0.15) is 24.6 Å². The molecule has 0 radical (unpaired) electrons. The van der Waals surface area contributed by atoms with Gasteiger partial charge in [0.15, 0.2) is 23.2 Å². The number of aliphatic hydroxyl groups excluding tert-OH is 3. The normalized spacial score (nSPS) is 30.0. The van der Waals surface area contributed by atoms with Gasteiger partial charge in [0.05, 0.1) is 12.9 Å². The van der Waals surface area contributed by atoms with Crippen LogP contribution in [0.15, 0.2) is 17.8 Å². The molecule has 4 rings (SSSR count). The molecule has 2 fully saturated rings. The Bertz CT molecular complexity index is 790. The van der Waals surface area contributed by atoms with Gasteiger partial charge in [0.25, 0.3) is 0 Å². The second kappa shape index (κ2) is 7.23. The predicted octanol–water partition coefficient (Wildman–Crippen LogP) is 0.0257. The molecule has 3 heterocycles. The van der Waals surface area contributed by atoms with E-state index < -0.39 is 24.5 Å². The second-order valence-corrected chi connectivity index (χ2v) is 6.71. The molecule has 10 nitrogen and oxygen atoms in total. The molecule has 2 aromatic heterocycles. The molecular formula is C16H22N6O4. The van der Waals surface area contributed by atoms with Crippen LogP contribution in [0, 0.1) is 5.92 Å². The molecule has 2 aliphatic rings. The Morgan fingerprint density at radius 3 is 2.77 bits per heavy atom. The zero-order valence-corrected chi connectivity index (χ0v) is 14.1. The molecule has 1 saturated heterocycles. The number of hydrogen-bond donors (Lipinski definition) is 4. The van der Waals surface area contributed by atoms with Gasteiger partial charge in [-0.25, -0.2) is 15.0 Å². The summed E-state index contributed by atoms with van der Waals surface area (Å²) in [5, 5.41) is 33.7. The molecule has 1 aliphatic carbocycles. The van der Waals surface area contributed by atoms with E-state index in [0.29, 0.717) is 22.9 Å². The molecule has 140 valence electrons. The van der Waals surface area contributed by atoms with Crippen molar-refractivity contribution in [1.82, 2.24) is 19.5 Å². The summed E-state index contributed by atoms with van der Waals surface area (Å²) in [5.41, 5.74) is 3.83. The third kappa shape index (κ3) is 3.05. The van der Waals surface area contributed by atoms with E-state index in [0.717, 1.165) is 12.8 Å². The first-order valence-electron chi connectivity index (χ1n) is 8.78. The number of aromatic nitrogens is 4. The third-order valence-electron chi connectivity index (χ3n) is 5.01. The molecular weight excluding hydrogens is 340 g/mol. The summed E-state index contributed by atoms with van der Waals surface area (Å²) >= 11 is 0. The van der Waals surface area contributed by atoms with Gasteiger partial charge in [-0.1, -0.05) is 12.8 Å². The smallest absolute Gasteiger partial charge is 0.177 e. The van der Waals surface area contributed by atoms with Gasteiger partial charge in [0, 0.05) is 6.21 Å². The molecule has 1 aliphatic heterocycles. The topological polar surface area (TPSA) is 138 Å². The van der Waals surface area contributed by atoms with Gasteiger partial charge in [-0.3, -0.25) is 9.99 Å². The van der Waals surface area contributed by atoms with Gasteiger partial charge in [0.2, 0.25) is 0 Å². The summed E-state index contributed by atoms with van der Waals surface area (Å²) in [5.74, 6) is 0.950. The zero-order chi connectivity index (χ0) is 18.1. The number of nitrogens with one attached hydrogen (secondary N) is 1. The van der Waals surface area contributed by atoms with Crippen LogP contribution >= 0.6 is 0 Å². The van der Waals surface area contributed by atoms with Crippen LogP contribution in [0.2, 0.25) is 0 Å². The number of aliphatic hydroxyl groups is 3. The van der Waals surface area contributed by atoms with Crippen LogP contribution in [0.1, 0.15) is 31.9 Å². The summed E-state index contributed by atoms with van der Waals surface area (Å²) in [6.45, 7) is -0.390. The summed E-state index contributed by atoms with van der Waals surface area (Å²) in [6, 6.07) is 0. The molecule has 0 aromatic carbocycles. The first kappa shape index (κ1) is 17.3. The van der Waals surface area contributed by atoms with E-state index in [2.05, 4.69) is 25.5 Å². The second-order valence-electron chi connectivity index (χ2n) is 6.71. The molecule has 2 aromatic rings. The van der Waals surface area contributed by atoms with Crippen LogP contribution in [0.3, 0.4) is 0 Å². The number of hydrazone groups is 1. The molecule has 1 saturated carbocycles. The average Bonchev–Trinajstić information content (AvgIpc) is 3.37. The fraction of sp³-hybridized carbons (Fsp3) is 0.625. The first-order chi connectivity index (χ1) is 12.7. The van der Waals surface area contributed by atoms with Crippen LogP contribution in [0.5, 0.6) is 0 Å². The number of ether oxygens (including phenoxy) is 1. The summed E-state index contributed by atoms with van der Waals surface area (Å²) < 4.78 is 7.06. The van der Waals surface area contributed by atoms with Gasteiger partial charge >= 0.3 is 0 Å². The predicted molar refractivity (Wildman–Crippen MR) is 92.4 cm³/mol. The maximum absolute atomic E-state index is 10.2. The minimum Gasteiger partial charge on any atom is -0.394 e. The Morgan fingerprint density at radius 2 is 2.04 bits per heavy atom. The number of anilines is 1. The van der Waals surface area contributed by atoms with Crippen molar-refractivity contribution in [2.45, 2.75) is 50.2 Å². The van der Waals surface area contributed by atoms with Crippen molar-refractivity contribution in [3.63, 3.8) is 0 Å². The Kier molecular flexibility index (Phi) is 4.81. The van der Waals surface area contributed by atoms with Crippen molar-refractivity contribution < 1.29 is 20.1 Å². The molecule has 0 unspecified atom stereocenters. The first-order valence-corrected chi connectivity index (χ1v) is 8.78. The van der Waals surface area contributed by atoms with E-state index in [1.165, 1.54) is 30.1 Å². The van der Waals surface area contributed by atoms with E-state index >= 15 is 0 Å². The number of rotatable bonds is 5. The minimum atomic E-state index is -1.20. The van der Waals surface area contributed by atoms with Crippen molar-refractivity contribution in [3.05, 3.63) is 12.7 Å². The number of nitrogens with zero attached hydrogens (tertiary/aromatic N) is 5. The average molecular weight is 362 g/mol. The van der Waals surface area contributed by atoms with Crippen molar-refractivity contribution >= 4 is 23.2 Å². The monoisotopic (exact) mass is 362 g/mol. The van der Waals surface area contributed by atoms with Crippen molar-refractivity contribution in [2.75, 3.05) is 12.0 Å². The van der Waals surface area contributed by atoms with Crippen LogP contribution in [-0.2, 0) is 4.74 Å². The van der Waals surface area contributed by atoms with E-state index in [-0.39, 0.29) is 6.61 Å². The fourth-order valence-corrected chi connectivity index (χ4v) is 3.54. The Labute approximate surface area is 149 Å². The molecule has 4 N–H and O–H groups in total. The minimum absolute atomic E-state index is 0.390. The van der Waals surface area contributed by atoms with Gasteiger partial charge < -0.3 is 20.1 Å². The van der Waals surface area contributed by atoms with Gasteiger partial charge in [-0.05, 0) is 18.8 Å². The number of fused-ring (bicyclic) bond motifs is 1. The van der Waals surface area contributed by atoms with E-state index in [1.54, 1.807) is 0 Å². The summed E-state index contributed by atoms with van der Waals surface area (Å²) in [7, 11) is 0. The van der Waals surface area contributed by atoms with E-state index in [1.807, 2.05) is 6.21 Å². The van der Waals surface area contributed by atoms with Crippen LogP contribution in [-0.4, -0.2) is 66.0 Å².